The number of nitrogens with zero attached hydrogens (tertiary/aromatic N) is 4. The van der Waals surface area contributed by atoms with E-state index < -0.39 is 0 Å². The van der Waals surface area contributed by atoms with Crippen molar-refractivity contribution in [3.05, 3.63) is 53.2 Å². The van der Waals surface area contributed by atoms with Gasteiger partial charge >= 0.3 is 0 Å². The van der Waals surface area contributed by atoms with Gasteiger partial charge in [-0.15, -0.1) is 0 Å². The first kappa shape index (κ1) is 21.3. The summed E-state index contributed by atoms with van der Waals surface area (Å²) in [5.41, 5.74) is 4.15. The molecule has 2 aliphatic rings. The van der Waals surface area contributed by atoms with Gasteiger partial charge in [-0.25, -0.2) is 4.98 Å². The first-order chi connectivity index (χ1) is 14.8. The van der Waals surface area contributed by atoms with Gasteiger partial charge in [0.15, 0.2) is 0 Å². The zero-order valence-corrected chi connectivity index (χ0v) is 19.0. The molecular weight excluding hydrogens is 388 g/mol. The number of carbonyl (C=O) groups excluding carboxylic acids is 2. The lowest BCUT2D eigenvalue weighted by molar-refractivity contribution is -0.108. The number of anilines is 2. The lowest BCUT2D eigenvalue weighted by atomic mass is 9.91. The fraction of sp³-hybridized carbons (Fsp3) is 0.480. The standard InChI is InChI=1S/C25H32N4O2/c1-18-13-19(2)23(26-15-18)27-9-11-28(12-10-27)24(31)20-5-7-21(8-6-20)29-17-25(3,4)14-22(29)16-30/h5-8,13,15-16,22H,9-12,14,17H2,1-4H3. The Kier molecular flexibility index (Phi) is 5.73. The molecule has 0 bridgehead atoms. The van der Waals surface area contributed by atoms with Gasteiger partial charge in [0.2, 0.25) is 0 Å². The van der Waals surface area contributed by atoms with Crippen LogP contribution >= 0.6 is 0 Å². The zero-order valence-electron chi connectivity index (χ0n) is 19.0. The summed E-state index contributed by atoms with van der Waals surface area (Å²) in [5, 5.41) is 0. The highest BCUT2D eigenvalue weighted by atomic mass is 16.2. The van der Waals surface area contributed by atoms with E-state index in [1.165, 1.54) is 5.56 Å². The van der Waals surface area contributed by atoms with Crippen LogP contribution in [-0.4, -0.2) is 60.8 Å². The Hall–Kier alpha value is -2.89. The van der Waals surface area contributed by atoms with Crippen molar-refractivity contribution in [2.45, 2.75) is 40.2 Å². The molecule has 2 aliphatic heterocycles. The highest BCUT2D eigenvalue weighted by Gasteiger charge is 2.37. The van der Waals surface area contributed by atoms with Crippen molar-refractivity contribution in [2.75, 3.05) is 42.5 Å². The average molecular weight is 421 g/mol. The van der Waals surface area contributed by atoms with Gasteiger partial charge in [0.1, 0.15) is 12.1 Å². The molecule has 1 unspecified atom stereocenters. The van der Waals surface area contributed by atoms with Crippen LogP contribution in [0.2, 0.25) is 0 Å². The average Bonchev–Trinajstić information content (AvgIpc) is 3.08. The Morgan fingerprint density at radius 2 is 1.77 bits per heavy atom. The normalized spacial score (nSPS) is 20.8. The third-order valence-electron chi connectivity index (χ3n) is 6.42. The summed E-state index contributed by atoms with van der Waals surface area (Å²) >= 11 is 0. The van der Waals surface area contributed by atoms with E-state index in [1.807, 2.05) is 35.4 Å². The number of benzene rings is 1. The van der Waals surface area contributed by atoms with Crippen LogP contribution in [0.4, 0.5) is 11.5 Å². The molecule has 31 heavy (non-hydrogen) atoms. The number of piperazine rings is 1. The van der Waals surface area contributed by atoms with Gasteiger partial charge in [-0.05, 0) is 61.1 Å². The molecular formula is C25H32N4O2. The van der Waals surface area contributed by atoms with Gasteiger partial charge in [0.05, 0.1) is 6.04 Å². The molecule has 0 aliphatic carbocycles. The minimum Gasteiger partial charge on any atom is -0.361 e. The summed E-state index contributed by atoms with van der Waals surface area (Å²) in [7, 11) is 0. The Labute approximate surface area is 184 Å². The number of aromatic nitrogens is 1. The predicted octanol–water partition coefficient (Wildman–Crippen LogP) is 3.46. The van der Waals surface area contributed by atoms with E-state index in [-0.39, 0.29) is 17.4 Å². The van der Waals surface area contributed by atoms with Gasteiger partial charge < -0.3 is 19.5 Å². The largest absolute Gasteiger partial charge is 0.361 e. The minimum atomic E-state index is -0.0940. The van der Waals surface area contributed by atoms with Crippen molar-refractivity contribution in [2.24, 2.45) is 5.41 Å². The van der Waals surface area contributed by atoms with Crippen molar-refractivity contribution in [3.8, 4) is 0 Å². The fourth-order valence-electron chi connectivity index (χ4n) is 4.86. The maximum Gasteiger partial charge on any atom is 0.253 e. The van der Waals surface area contributed by atoms with Crippen LogP contribution in [0, 0.1) is 19.3 Å². The monoisotopic (exact) mass is 420 g/mol. The predicted molar refractivity (Wildman–Crippen MR) is 124 cm³/mol. The highest BCUT2D eigenvalue weighted by Crippen LogP contribution is 2.36. The van der Waals surface area contributed by atoms with E-state index in [4.69, 9.17) is 0 Å². The first-order valence-electron chi connectivity index (χ1n) is 11.1. The number of carbonyl (C=O) groups is 2. The van der Waals surface area contributed by atoms with E-state index in [9.17, 15) is 9.59 Å². The number of hydrogen-bond acceptors (Lipinski definition) is 5. The van der Waals surface area contributed by atoms with Crippen molar-refractivity contribution in [3.63, 3.8) is 0 Å². The Bertz CT molecular complexity index is 962. The second-order valence-electron chi connectivity index (χ2n) is 9.68. The summed E-state index contributed by atoms with van der Waals surface area (Å²) in [4.78, 5) is 35.5. The lowest BCUT2D eigenvalue weighted by Crippen LogP contribution is -2.49. The summed E-state index contributed by atoms with van der Waals surface area (Å²) in [6.45, 7) is 12.3. The van der Waals surface area contributed by atoms with Gasteiger partial charge in [-0.1, -0.05) is 19.9 Å². The van der Waals surface area contributed by atoms with E-state index in [1.54, 1.807) is 0 Å². The van der Waals surface area contributed by atoms with E-state index in [0.29, 0.717) is 18.7 Å². The first-order valence-corrected chi connectivity index (χ1v) is 11.1. The molecule has 3 heterocycles. The maximum atomic E-state index is 13.0. The van der Waals surface area contributed by atoms with Crippen LogP contribution < -0.4 is 9.80 Å². The number of aryl methyl sites for hydroxylation is 2. The van der Waals surface area contributed by atoms with Gasteiger partial charge in [-0.2, -0.15) is 0 Å². The molecule has 6 heteroatoms. The zero-order chi connectivity index (χ0) is 22.2. The van der Waals surface area contributed by atoms with Gasteiger partial charge in [-0.3, -0.25) is 4.79 Å². The van der Waals surface area contributed by atoms with Crippen LogP contribution in [0.25, 0.3) is 0 Å². The third kappa shape index (κ3) is 4.43. The van der Waals surface area contributed by atoms with Crippen LogP contribution in [0.3, 0.4) is 0 Å². The van der Waals surface area contributed by atoms with Crippen molar-refractivity contribution < 1.29 is 9.59 Å². The maximum absolute atomic E-state index is 13.0. The highest BCUT2D eigenvalue weighted by molar-refractivity contribution is 5.94. The summed E-state index contributed by atoms with van der Waals surface area (Å²) in [6.07, 6.45) is 3.80. The molecule has 6 nitrogen and oxygen atoms in total. The van der Waals surface area contributed by atoms with Crippen molar-refractivity contribution >= 4 is 23.7 Å². The van der Waals surface area contributed by atoms with Crippen molar-refractivity contribution in [1.82, 2.24) is 9.88 Å². The van der Waals surface area contributed by atoms with E-state index in [2.05, 4.69) is 48.5 Å². The molecule has 2 saturated heterocycles. The molecule has 0 radical (unpaired) electrons. The Morgan fingerprint density at radius 1 is 1.10 bits per heavy atom. The summed E-state index contributed by atoms with van der Waals surface area (Å²) in [6, 6.07) is 9.79. The fourth-order valence-corrected chi connectivity index (χ4v) is 4.86. The molecule has 1 atom stereocenters. The molecule has 164 valence electrons. The van der Waals surface area contributed by atoms with Crippen LogP contribution in [-0.2, 0) is 4.79 Å². The molecule has 2 fully saturated rings. The molecule has 2 aromatic rings. The van der Waals surface area contributed by atoms with Gasteiger partial charge in [0.25, 0.3) is 5.91 Å². The summed E-state index contributed by atoms with van der Waals surface area (Å²) < 4.78 is 0. The van der Waals surface area contributed by atoms with Gasteiger partial charge in [0, 0.05) is 50.2 Å². The number of aldehydes is 1. The smallest absolute Gasteiger partial charge is 0.253 e. The van der Waals surface area contributed by atoms with Crippen LogP contribution in [0.15, 0.2) is 36.5 Å². The molecule has 0 saturated carbocycles. The number of rotatable bonds is 4. The molecule has 0 N–H and O–H groups in total. The van der Waals surface area contributed by atoms with Crippen molar-refractivity contribution in [1.29, 1.82) is 0 Å². The second kappa shape index (κ2) is 8.33. The molecule has 1 aromatic carbocycles. The van der Waals surface area contributed by atoms with E-state index in [0.717, 1.165) is 49.4 Å². The molecule has 4 rings (SSSR count). The molecule has 1 aromatic heterocycles. The number of amides is 1. The topological polar surface area (TPSA) is 56.8 Å². The van der Waals surface area contributed by atoms with Crippen LogP contribution in [0.1, 0.15) is 41.8 Å². The summed E-state index contributed by atoms with van der Waals surface area (Å²) in [5.74, 6) is 1.08. The molecule has 1 amide bonds. The number of hydrogen-bond donors (Lipinski definition) is 0. The molecule has 0 spiro atoms. The minimum absolute atomic E-state index is 0.0634. The Morgan fingerprint density at radius 3 is 2.39 bits per heavy atom. The van der Waals surface area contributed by atoms with Crippen LogP contribution in [0.5, 0.6) is 0 Å². The Balaban J connectivity index is 1.40. The second-order valence-corrected chi connectivity index (χ2v) is 9.68. The number of pyridine rings is 1. The SMILES string of the molecule is Cc1cnc(N2CCN(C(=O)c3ccc(N4CC(C)(C)CC4C=O)cc3)CC2)c(C)c1. The van der Waals surface area contributed by atoms with E-state index >= 15 is 0 Å². The third-order valence-corrected chi connectivity index (χ3v) is 6.42. The lowest BCUT2D eigenvalue weighted by Gasteiger charge is -2.36. The quantitative estimate of drug-likeness (QED) is 0.709.